The van der Waals surface area contributed by atoms with Gasteiger partial charge in [0.15, 0.2) is 0 Å². The van der Waals surface area contributed by atoms with Gasteiger partial charge in [0.1, 0.15) is 12.4 Å². The first kappa shape index (κ1) is 15.7. The fourth-order valence-corrected chi connectivity index (χ4v) is 3.91. The second kappa shape index (κ2) is 5.89. The van der Waals surface area contributed by atoms with Crippen LogP contribution in [-0.4, -0.2) is 42.7 Å². The Hall–Kier alpha value is -1.86. The number of halogens is 1. The van der Waals surface area contributed by atoms with Gasteiger partial charge in [0.25, 0.3) is 5.91 Å². The molecule has 2 N–H and O–H groups in total. The van der Waals surface area contributed by atoms with E-state index < -0.39 is 0 Å². The lowest BCUT2D eigenvalue weighted by Crippen LogP contribution is -2.39. The standard InChI is InChI=1S/C17H18BrN3O3/c1-23-6-7-24-11-8-19-5-2-10(11)14-13(18)12-15(21-14)17(3-4-17)9-20-16(12)22/h2,5,8,21H,3-4,6-7,9H2,1H3,(H,20,22). The minimum Gasteiger partial charge on any atom is -0.489 e. The van der Waals surface area contributed by atoms with E-state index in [1.54, 1.807) is 19.5 Å². The van der Waals surface area contributed by atoms with Crippen LogP contribution in [0.25, 0.3) is 11.3 Å². The van der Waals surface area contributed by atoms with Gasteiger partial charge in [-0.2, -0.15) is 0 Å². The third-order valence-corrected chi connectivity index (χ3v) is 5.53. The Bertz CT molecular complexity index is 798. The molecule has 1 aliphatic heterocycles. The molecule has 3 heterocycles. The van der Waals surface area contributed by atoms with Crippen molar-refractivity contribution >= 4 is 21.8 Å². The van der Waals surface area contributed by atoms with Crippen LogP contribution in [-0.2, 0) is 10.2 Å². The Morgan fingerprint density at radius 2 is 2.21 bits per heavy atom. The van der Waals surface area contributed by atoms with Crippen LogP contribution < -0.4 is 10.1 Å². The number of carbonyl (C=O) groups is 1. The summed E-state index contributed by atoms with van der Waals surface area (Å²) in [5.41, 5.74) is 3.57. The van der Waals surface area contributed by atoms with Gasteiger partial charge in [0, 0.05) is 36.5 Å². The van der Waals surface area contributed by atoms with E-state index >= 15 is 0 Å². The van der Waals surface area contributed by atoms with Crippen LogP contribution in [0.2, 0.25) is 0 Å². The van der Waals surface area contributed by atoms with Gasteiger partial charge >= 0.3 is 0 Å². The van der Waals surface area contributed by atoms with Crippen molar-refractivity contribution in [3.05, 3.63) is 34.2 Å². The molecule has 24 heavy (non-hydrogen) atoms. The SMILES string of the molecule is COCCOc1cnccc1-c1[nH]c2c(c1Br)C(=O)NCC21CC1. The zero-order valence-corrected chi connectivity index (χ0v) is 14.9. The summed E-state index contributed by atoms with van der Waals surface area (Å²) in [5.74, 6) is 0.631. The second-order valence-corrected chi connectivity index (χ2v) is 7.03. The number of aromatic nitrogens is 2. The molecule has 1 amide bonds. The molecule has 126 valence electrons. The summed E-state index contributed by atoms with van der Waals surface area (Å²) < 4.78 is 11.6. The Balaban J connectivity index is 1.77. The molecule has 1 saturated carbocycles. The van der Waals surface area contributed by atoms with Crippen molar-refractivity contribution in [2.75, 3.05) is 26.9 Å². The molecule has 1 spiro atoms. The molecule has 1 fully saturated rings. The maximum Gasteiger partial charge on any atom is 0.254 e. The Morgan fingerprint density at radius 1 is 1.38 bits per heavy atom. The Morgan fingerprint density at radius 3 is 2.96 bits per heavy atom. The number of pyridine rings is 1. The first-order chi connectivity index (χ1) is 11.7. The molecule has 0 aromatic carbocycles. The number of amides is 1. The summed E-state index contributed by atoms with van der Waals surface area (Å²) in [6.45, 7) is 1.65. The second-order valence-electron chi connectivity index (χ2n) is 6.24. The van der Waals surface area contributed by atoms with Crippen LogP contribution in [0.15, 0.2) is 22.9 Å². The highest BCUT2D eigenvalue weighted by Crippen LogP contribution is 2.53. The van der Waals surface area contributed by atoms with Gasteiger partial charge in [-0.15, -0.1) is 0 Å². The third kappa shape index (κ3) is 2.43. The van der Waals surface area contributed by atoms with Crippen LogP contribution in [0.3, 0.4) is 0 Å². The number of rotatable bonds is 5. The van der Waals surface area contributed by atoms with Gasteiger partial charge < -0.3 is 19.8 Å². The predicted molar refractivity (Wildman–Crippen MR) is 92.3 cm³/mol. The van der Waals surface area contributed by atoms with E-state index in [-0.39, 0.29) is 11.3 Å². The summed E-state index contributed by atoms with van der Waals surface area (Å²) >= 11 is 3.62. The summed E-state index contributed by atoms with van der Waals surface area (Å²) in [6, 6.07) is 1.89. The van der Waals surface area contributed by atoms with Crippen LogP contribution in [0.1, 0.15) is 28.9 Å². The zero-order valence-electron chi connectivity index (χ0n) is 13.3. The third-order valence-electron chi connectivity index (χ3n) is 4.74. The average molecular weight is 392 g/mol. The monoisotopic (exact) mass is 391 g/mol. The maximum atomic E-state index is 12.3. The molecular weight excluding hydrogens is 374 g/mol. The molecule has 2 aromatic heterocycles. The van der Waals surface area contributed by atoms with Crippen molar-refractivity contribution < 1.29 is 14.3 Å². The molecule has 2 aliphatic rings. The van der Waals surface area contributed by atoms with Crippen molar-refractivity contribution in [1.82, 2.24) is 15.3 Å². The van der Waals surface area contributed by atoms with Gasteiger partial charge in [-0.1, -0.05) is 0 Å². The van der Waals surface area contributed by atoms with Gasteiger partial charge in [0.2, 0.25) is 0 Å². The molecule has 0 saturated heterocycles. The predicted octanol–water partition coefficient (Wildman–Crippen LogP) is 2.64. The molecule has 0 unspecified atom stereocenters. The lowest BCUT2D eigenvalue weighted by Gasteiger charge is -2.22. The zero-order chi connectivity index (χ0) is 16.7. The van der Waals surface area contributed by atoms with Crippen LogP contribution in [0.5, 0.6) is 5.75 Å². The van der Waals surface area contributed by atoms with E-state index in [0.29, 0.717) is 31.1 Å². The van der Waals surface area contributed by atoms with E-state index in [2.05, 4.69) is 31.2 Å². The van der Waals surface area contributed by atoms with E-state index in [9.17, 15) is 4.79 Å². The van der Waals surface area contributed by atoms with Crippen molar-refractivity contribution in [2.24, 2.45) is 0 Å². The number of nitrogens with zero attached hydrogens (tertiary/aromatic N) is 1. The minimum atomic E-state index is -0.0344. The normalized spacial score (nSPS) is 17.5. The first-order valence-electron chi connectivity index (χ1n) is 7.92. The van der Waals surface area contributed by atoms with Crippen LogP contribution in [0, 0.1) is 0 Å². The number of hydrogen-bond donors (Lipinski definition) is 2. The lowest BCUT2D eigenvalue weighted by atomic mass is 9.95. The summed E-state index contributed by atoms with van der Waals surface area (Å²) in [7, 11) is 1.64. The Labute approximate surface area is 148 Å². The van der Waals surface area contributed by atoms with E-state index in [1.807, 2.05) is 6.07 Å². The number of nitrogens with one attached hydrogen (secondary N) is 2. The van der Waals surface area contributed by atoms with Gasteiger partial charge in [-0.25, -0.2) is 0 Å². The molecule has 0 bridgehead atoms. The molecular formula is C17H18BrN3O3. The smallest absolute Gasteiger partial charge is 0.254 e. The number of carbonyl (C=O) groups excluding carboxylic acids is 1. The van der Waals surface area contributed by atoms with E-state index in [4.69, 9.17) is 9.47 Å². The molecule has 4 rings (SSSR count). The van der Waals surface area contributed by atoms with Crippen LogP contribution in [0.4, 0.5) is 0 Å². The topological polar surface area (TPSA) is 76.2 Å². The Kier molecular flexibility index (Phi) is 3.85. The van der Waals surface area contributed by atoms with E-state index in [1.165, 1.54) is 0 Å². The molecule has 6 nitrogen and oxygen atoms in total. The lowest BCUT2D eigenvalue weighted by molar-refractivity contribution is 0.0936. The minimum absolute atomic E-state index is 0.0344. The molecule has 1 aliphatic carbocycles. The molecule has 7 heteroatoms. The highest BCUT2D eigenvalue weighted by Gasteiger charge is 2.51. The molecule has 2 aromatic rings. The van der Waals surface area contributed by atoms with Crippen molar-refractivity contribution in [2.45, 2.75) is 18.3 Å². The summed E-state index contributed by atoms with van der Waals surface area (Å²) in [6.07, 6.45) is 5.60. The summed E-state index contributed by atoms with van der Waals surface area (Å²) in [4.78, 5) is 20.0. The largest absolute Gasteiger partial charge is 0.489 e. The quantitative estimate of drug-likeness (QED) is 0.768. The summed E-state index contributed by atoms with van der Waals surface area (Å²) in [5, 5.41) is 3.00. The van der Waals surface area contributed by atoms with Gasteiger partial charge in [-0.3, -0.25) is 9.78 Å². The van der Waals surface area contributed by atoms with E-state index in [0.717, 1.165) is 34.3 Å². The number of hydrogen-bond acceptors (Lipinski definition) is 4. The number of ether oxygens (including phenoxy) is 2. The first-order valence-corrected chi connectivity index (χ1v) is 8.72. The highest BCUT2D eigenvalue weighted by molar-refractivity contribution is 9.10. The fourth-order valence-electron chi connectivity index (χ4n) is 3.21. The van der Waals surface area contributed by atoms with Crippen molar-refractivity contribution in [1.29, 1.82) is 0 Å². The number of methoxy groups -OCH3 is 1. The number of fused-ring (bicyclic) bond motifs is 2. The fraction of sp³-hybridized carbons (Fsp3) is 0.412. The average Bonchev–Trinajstić information content (AvgIpc) is 3.28. The number of H-pyrrole nitrogens is 1. The van der Waals surface area contributed by atoms with Crippen molar-refractivity contribution in [3.8, 4) is 17.0 Å². The maximum absolute atomic E-state index is 12.3. The van der Waals surface area contributed by atoms with Crippen LogP contribution >= 0.6 is 15.9 Å². The number of aromatic amines is 1. The molecule has 0 radical (unpaired) electrons. The molecule has 0 atom stereocenters. The van der Waals surface area contributed by atoms with Crippen molar-refractivity contribution in [3.63, 3.8) is 0 Å². The van der Waals surface area contributed by atoms with Gasteiger partial charge in [0.05, 0.1) is 28.5 Å². The highest BCUT2D eigenvalue weighted by atomic mass is 79.9. The van der Waals surface area contributed by atoms with Gasteiger partial charge in [-0.05, 0) is 34.8 Å².